The molecular weight excluding hydrogens is 434 g/mol. The number of nitrogens with zero attached hydrogens (tertiary/aromatic N) is 3. The number of hydrogen-bond donors (Lipinski definition) is 1. The number of aromatic hydroxyl groups is 1. The fraction of sp³-hybridized carbons (Fsp3) is 0.148. The summed E-state index contributed by atoms with van der Waals surface area (Å²) in [7, 11) is 0. The summed E-state index contributed by atoms with van der Waals surface area (Å²) in [6.45, 7) is 7.41. The number of nitriles is 2. The molecule has 4 aromatic rings. The predicted molar refractivity (Wildman–Crippen MR) is 130 cm³/mol. The van der Waals surface area contributed by atoms with Crippen LogP contribution >= 0.6 is 11.6 Å². The van der Waals surface area contributed by atoms with Crippen molar-refractivity contribution >= 4 is 22.5 Å². The van der Waals surface area contributed by atoms with Crippen LogP contribution in [0.15, 0.2) is 54.6 Å². The van der Waals surface area contributed by atoms with E-state index in [1.54, 1.807) is 32.0 Å². The van der Waals surface area contributed by atoms with Gasteiger partial charge in [-0.3, -0.25) is 0 Å². The summed E-state index contributed by atoms with van der Waals surface area (Å²) in [6, 6.07) is 20.5. The van der Waals surface area contributed by atoms with Crippen LogP contribution in [0, 0.1) is 50.4 Å². The lowest BCUT2D eigenvalue weighted by atomic mass is 10.1. The molecule has 1 N–H and O–H groups in total. The Kier molecular flexibility index (Phi) is 7.18. The molecule has 33 heavy (non-hydrogen) atoms. The average molecular weight is 456 g/mol. The molecule has 0 unspecified atom stereocenters. The second kappa shape index (κ2) is 10.0. The molecular formula is C27H22ClN3O2. The minimum absolute atomic E-state index is 0.281. The summed E-state index contributed by atoms with van der Waals surface area (Å²) < 4.78 is 6.10. The summed E-state index contributed by atoms with van der Waals surface area (Å²) in [5.41, 5.74) is 5.33. The molecule has 0 fully saturated rings. The third kappa shape index (κ3) is 5.41. The zero-order valence-corrected chi connectivity index (χ0v) is 19.5. The van der Waals surface area contributed by atoms with Gasteiger partial charge in [0, 0.05) is 11.5 Å². The molecule has 1 heterocycles. The van der Waals surface area contributed by atoms with E-state index in [1.165, 1.54) is 0 Å². The standard InChI is InChI=1S/C18H13ClN2O.C9H9NO/c1-11-7-13(10-20)8-12(2)18(11)22-16-9-17(19)21-15-6-4-3-5-14(15)16;1-6-3-8(5-10)4-7(2)9(6)11/h3-9H,1-2H3;3-4,11H,1-2H3. The number of aryl methyl sites for hydroxylation is 4. The molecule has 0 saturated carbocycles. The highest BCUT2D eigenvalue weighted by atomic mass is 35.5. The molecule has 0 spiro atoms. The number of benzene rings is 3. The Balaban J connectivity index is 0.000000235. The van der Waals surface area contributed by atoms with E-state index in [-0.39, 0.29) is 5.75 Å². The molecule has 0 aliphatic carbocycles. The number of phenols is 1. The van der Waals surface area contributed by atoms with Crippen LogP contribution in [0.5, 0.6) is 17.2 Å². The van der Waals surface area contributed by atoms with Gasteiger partial charge in [0.1, 0.15) is 22.4 Å². The van der Waals surface area contributed by atoms with Crippen LogP contribution in [0.1, 0.15) is 33.4 Å². The topological polar surface area (TPSA) is 89.9 Å². The van der Waals surface area contributed by atoms with Gasteiger partial charge in [0.25, 0.3) is 0 Å². The largest absolute Gasteiger partial charge is 0.507 e. The van der Waals surface area contributed by atoms with Gasteiger partial charge in [0.05, 0.1) is 28.8 Å². The molecule has 0 aliphatic rings. The second-order valence-corrected chi connectivity index (χ2v) is 8.07. The number of pyridine rings is 1. The van der Waals surface area contributed by atoms with Crippen molar-refractivity contribution in [2.24, 2.45) is 0 Å². The van der Waals surface area contributed by atoms with Crippen LogP contribution in [-0.4, -0.2) is 10.1 Å². The molecule has 0 aliphatic heterocycles. The number of halogens is 1. The van der Waals surface area contributed by atoms with Crippen molar-refractivity contribution in [3.05, 3.63) is 93.1 Å². The van der Waals surface area contributed by atoms with Crippen LogP contribution in [0.3, 0.4) is 0 Å². The van der Waals surface area contributed by atoms with Crippen LogP contribution in [0.4, 0.5) is 0 Å². The molecule has 6 heteroatoms. The first kappa shape index (κ1) is 23.6. The van der Waals surface area contributed by atoms with E-state index >= 15 is 0 Å². The Bertz CT molecular complexity index is 1390. The smallest absolute Gasteiger partial charge is 0.139 e. The minimum Gasteiger partial charge on any atom is -0.507 e. The van der Waals surface area contributed by atoms with Crippen molar-refractivity contribution < 1.29 is 9.84 Å². The molecule has 0 bridgehead atoms. The molecule has 1 aromatic heterocycles. The summed E-state index contributed by atoms with van der Waals surface area (Å²) in [4.78, 5) is 4.29. The number of para-hydroxylation sites is 1. The van der Waals surface area contributed by atoms with Gasteiger partial charge in [-0.15, -0.1) is 0 Å². The molecule has 3 aromatic carbocycles. The number of ether oxygens (including phenoxy) is 1. The third-order valence-corrected chi connectivity index (χ3v) is 5.26. The lowest BCUT2D eigenvalue weighted by Gasteiger charge is -2.14. The molecule has 0 amide bonds. The van der Waals surface area contributed by atoms with E-state index in [2.05, 4.69) is 11.1 Å². The van der Waals surface area contributed by atoms with Gasteiger partial charge in [-0.2, -0.15) is 10.5 Å². The molecule has 0 saturated heterocycles. The SMILES string of the molecule is Cc1cc(C#N)cc(C)c1O.Cc1cc(C#N)cc(C)c1Oc1cc(Cl)nc2ccccc12. The second-order valence-electron chi connectivity index (χ2n) is 7.68. The Morgan fingerprint density at radius 2 is 1.33 bits per heavy atom. The summed E-state index contributed by atoms with van der Waals surface area (Å²) >= 11 is 6.08. The molecule has 0 radical (unpaired) electrons. The summed E-state index contributed by atoms with van der Waals surface area (Å²) in [5, 5.41) is 28.2. The number of rotatable bonds is 2. The Labute approximate surface area is 198 Å². The van der Waals surface area contributed by atoms with Gasteiger partial charge < -0.3 is 9.84 Å². The molecule has 164 valence electrons. The van der Waals surface area contributed by atoms with Crippen molar-refractivity contribution in [2.75, 3.05) is 0 Å². The molecule has 5 nitrogen and oxygen atoms in total. The first-order valence-corrected chi connectivity index (χ1v) is 10.6. The number of aromatic nitrogens is 1. The fourth-order valence-corrected chi connectivity index (χ4v) is 3.69. The first-order valence-electron chi connectivity index (χ1n) is 10.2. The number of fused-ring (bicyclic) bond motifs is 1. The van der Waals surface area contributed by atoms with E-state index < -0.39 is 0 Å². The highest BCUT2D eigenvalue weighted by molar-refractivity contribution is 6.30. The maximum Gasteiger partial charge on any atom is 0.139 e. The van der Waals surface area contributed by atoms with Crippen molar-refractivity contribution in [1.29, 1.82) is 10.5 Å². The Morgan fingerprint density at radius 3 is 1.88 bits per heavy atom. The zero-order chi connectivity index (χ0) is 24.1. The van der Waals surface area contributed by atoms with Crippen LogP contribution in [-0.2, 0) is 0 Å². The van der Waals surface area contributed by atoms with Gasteiger partial charge in [0.15, 0.2) is 0 Å². The quantitative estimate of drug-likeness (QED) is 0.327. The average Bonchev–Trinajstić information content (AvgIpc) is 2.79. The Morgan fingerprint density at radius 1 is 0.818 bits per heavy atom. The normalized spacial score (nSPS) is 10.0. The number of hydrogen-bond acceptors (Lipinski definition) is 5. The summed E-state index contributed by atoms with van der Waals surface area (Å²) in [6.07, 6.45) is 0. The Hall–Kier alpha value is -4.06. The van der Waals surface area contributed by atoms with Crippen LogP contribution in [0.2, 0.25) is 5.15 Å². The molecule has 0 atom stereocenters. The van der Waals surface area contributed by atoms with Crippen LogP contribution < -0.4 is 4.74 Å². The summed E-state index contributed by atoms with van der Waals surface area (Å²) in [5.74, 6) is 1.68. The highest BCUT2D eigenvalue weighted by Gasteiger charge is 2.11. The zero-order valence-electron chi connectivity index (χ0n) is 18.8. The van der Waals surface area contributed by atoms with Crippen molar-refractivity contribution in [2.45, 2.75) is 27.7 Å². The van der Waals surface area contributed by atoms with E-state index in [0.29, 0.717) is 22.0 Å². The lowest BCUT2D eigenvalue weighted by molar-refractivity contribution is 0.467. The van der Waals surface area contributed by atoms with Gasteiger partial charge in [-0.1, -0.05) is 23.7 Å². The highest BCUT2D eigenvalue weighted by Crippen LogP contribution is 2.35. The van der Waals surface area contributed by atoms with E-state index in [0.717, 1.165) is 38.9 Å². The van der Waals surface area contributed by atoms with E-state index in [4.69, 9.17) is 26.9 Å². The molecule has 4 rings (SSSR count). The third-order valence-electron chi connectivity index (χ3n) is 5.07. The van der Waals surface area contributed by atoms with Gasteiger partial charge >= 0.3 is 0 Å². The van der Waals surface area contributed by atoms with Crippen molar-refractivity contribution in [3.63, 3.8) is 0 Å². The first-order chi connectivity index (χ1) is 15.7. The predicted octanol–water partition coefficient (Wildman–Crippen LogP) is 7.05. The number of phenolic OH excluding ortho intramolecular Hbond substituents is 1. The fourth-order valence-electron chi connectivity index (χ4n) is 3.50. The van der Waals surface area contributed by atoms with E-state index in [9.17, 15) is 5.11 Å². The van der Waals surface area contributed by atoms with Crippen molar-refractivity contribution in [1.82, 2.24) is 4.98 Å². The van der Waals surface area contributed by atoms with Gasteiger partial charge in [-0.05, 0) is 86.3 Å². The lowest BCUT2D eigenvalue weighted by Crippen LogP contribution is -1.94. The van der Waals surface area contributed by atoms with Crippen molar-refractivity contribution in [3.8, 4) is 29.4 Å². The maximum absolute atomic E-state index is 9.32. The van der Waals surface area contributed by atoms with Gasteiger partial charge in [0.2, 0.25) is 0 Å². The van der Waals surface area contributed by atoms with Gasteiger partial charge in [-0.25, -0.2) is 4.98 Å². The van der Waals surface area contributed by atoms with E-state index in [1.807, 2.05) is 56.3 Å². The maximum atomic E-state index is 9.32. The monoisotopic (exact) mass is 455 g/mol. The van der Waals surface area contributed by atoms with Crippen LogP contribution in [0.25, 0.3) is 10.9 Å². The minimum atomic E-state index is 0.281.